The van der Waals surface area contributed by atoms with Crippen molar-refractivity contribution in [3.63, 3.8) is 0 Å². The highest BCUT2D eigenvalue weighted by molar-refractivity contribution is 5.85. The van der Waals surface area contributed by atoms with Crippen LogP contribution in [0.25, 0.3) is 46.1 Å². The molecule has 46 heavy (non-hydrogen) atoms. The number of hydrogen-bond acceptors (Lipinski definition) is 3. The van der Waals surface area contributed by atoms with Gasteiger partial charge in [0.15, 0.2) is 5.82 Å². The number of nitrogens with zero attached hydrogens (tertiary/aromatic N) is 2. The van der Waals surface area contributed by atoms with E-state index in [9.17, 15) is 0 Å². The van der Waals surface area contributed by atoms with Crippen LogP contribution < -0.4 is 4.74 Å². The summed E-state index contributed by atoms with van der Waals surface area (Å²) < 4.78 is 6.58. The van der Waals surface area contributed by atoms with Crippen molar-refractivity contribution in [2.75, 3.05) is 0 Å². The highest BCUT2D eigenvalue weighted by Crippen LogP contribution is 2.57. The number of aromatic nitrogens is 2. The molecule has 1 aromatic heterocycles. The molecule has 0 radical (unpaired) electrons. The first kappa shape index (κ1) is 26.4. The van der Waals surface area contributed by atoms with Crippen molar-refractivity contribution >= 4 is 12.2 Å². The molecule has 3 heteroatoms. The van der Waals surface area contributed by atoms with E-state index < -0.39 is 5.41 Å². The molecular weight excluding hydrogens is 560 g/mol. The first-order valence-corrected chi connectivity index (χ1v) is 15.6. The summed E-state index contributed by atoms with van der Waals surface area (Å²) in [6.07, 6.45) is 4.49. The largest absolute Gasteiger partial charge is 0.457 e. The second kappa shape index (κ2) is 10.5. The number of benzene rings is 6. The molecule has 1 aliphatic heterocycles. The lowest BCUT2D eigenvalue weighted by molar-refractivity contribution is 0.434. The maximum absolute atomic E-state index is 6.58. The molecule has 0 N–H and O–H groups in total. The Morgan fingerprint density at radius 3 is 1.59 bits per heavy atom. The van der Waals surface area contributed by atoms with E-state index in [-0.39, 0.29) is 0 Å². The molecule has 0 atom stereocenters. The van der Waals surface area contributed by atoms with Crippen molar-refractivity contribution in [1.82, 2.24) is 9.97 Å². The van der Waals surface area contributed by atoms with Crippen LogP contribution in [-0.4, -0.2) is 9.97 Å². The Labute approximate surface area is 268 Å². The van der Waals surface area contributed by atoms with Crippen molar-refractivity contribution < 1.29 is 4.74 Å². The van der Waals surface area contributed by atoms with E-state index in [2.05, 4.69) is 146 Å². The second-order valence-corrected chi connectivity index (χ2v) is 11.8. The Hall–Kier alpha value is -6.06. The predicted molar refractivity (Wildman–Crippen MR) is 186 cm³/mol. The number of hydrogen-bond donors (Lipinski definition) is 0. The van der Waals surface area contributed by atoms with Crippen LogP contribution in [-0.2, 0) is 5.41 Å². The van der Waals surface area contributed by atoms with Gasteiger partial charge in [-0.15, -0.1) is 0 Å². The highest BCUT2D eigenvalue weighted by atomic mass is 16.5. The zero-order valence-electron chi connectivity index (χ0n) is 25.0. The van der Waals surface area contributed by atoms with Gasteiger partial charge in [0, 0.05) is 27.8 Å². The monoisotopic (exact) mass is 588 g/mol. The third-order valence-corrected chi connectivity index (χ3v) is 9.19. The van der Waals surface area contributed by atoms with E-state index in [1.54, 1.807) is 0 Å². The Morgan fingerprint density at radius 2 is 0.913 bits per heavy atom. The Balaban J connectivity index is 1.35. The van der Waals surface area contributed by atoms with Gasteiger partial charge in [-0.2, -0.15) is 0 Å². The van der Waals surface area contributed by atoms with Crippen LogP contribution in [0.15, 0.2) is 158 Å². The van der Waals surface area contributed by atoms with Crippen molar-refractivity contribution in [2.24, 2.45) is 0 Å². The van der Waals surface area contributed by atoms with Crippen LogP contribution in [0.2, 0.25) is 0 Å². The van der Waals surface area contributed by atoms with Crippen molar-refractivity contribution in [1.29, 1.82) is 0 Å². The zero-order valence-corrected chi connectivity index (χ0v) is 25.0. The fourth-order valence-electron chi connectivity index (χ4n) is 7.14. The summed E-state index contributed by atoms with van der Waals surface area (Å²) in [6, 6.07) is 55.1. The van der Waals surface area contributed by atoms with Crippen LogP contribution >= 0.6 is 0 Å². The lowest BCUT2D eigenvalue weighted by Gasteiger charge is -2.42. The normalized spacial score (nSPS) is 13.5. The Kier molecular flexibility index (Phi) is 6.04. The van der Waals surface area contributed by atoms with E-state index >= 15 is 0 Å². The summed E-state index contributed by atoms with van der Waals surface area (Å²) in [7, 11) is 0. The summed E-state index contributed by atoms with van der Waals surface area (Å²) in [5, 5.41) is 0. The van der Waals surface area contributed by atoms with E-state index in [1.807, 2.05) is 24.3 Å². The summed E-state index contributed by atoms with van der Waals surface area (Å²) in [6.45, 7) is 0. The van der Waals surface area contributed by atoms with Crippen LogP contribution in [0.4, 0.5) is 0 Å². The van der Waals surface area contributed by atoms with Crippen LogP contribution in [0.3, 0.4) is 0 Å². The predicted octanol–water partition coefficient (Wildman–Crippen LogP) is 10.4. The van der Waals surface area contributed by atoms with Crippen LogP contribution in [0.5, 0.6) is 11.5 Å². The second-order valence-electron chi connectivity index (χ2n) is 11.8. The number of fused-ring (bicyclic) bond motifs is 8. The Morgan fingerprint density at radius 1 is 0.391 bits per heavy atom. The highest BCUT2D eigenvalue weighted by Gasteiger charge is 2.47. The van der Waals surface area contributed by atoms with Crippen LogP contribution in [0.1, 0.15) is 33.4 Å². The summed E-state index contributed by atoms with van der Waals surface area (Å²) in [5.74, 6) is 2.44. The molecule has 0 amide bonds. The van der Waals surface area contributed by atoms with Crippen molar-refractivity contribution in [3.05, 3.63) is 191 Å². The molecule has 0 bridgehead atoms. The molecule has 0 unspecified atom stereocenters. The molecule has 1 aliphatic carbocycles. The number of rotatable bonds is 3. The molecule has 0 saturated carbocycles. The average Bonchev–Trinajstić information content (AvgIpc) is 3.27. The SMILES string of the molecule is C1=Cc2ccc(-c3cc(-c4ccccc4)nc(-c4ccccc4)n3)cc2C2(c3ccccc31)c1ccccc1Oc1ccccc12. The maximum atomic E-state index is 6.58. The fourth-order valence-corrected chi connectivity index (χ4v) is 7.14. The minimum atomic E-state index is -0.617. The molecule has 0 saturated heterocycles. The van der Waals surface area contributed by atoms with Gasteiger partial charge in [0.05, 0.1) is 16.8 Å². The van der Waals surface area contributed by atoms with Gasteiger partial charge in [-0.3, -0.25) is 0 Å². The van der Waals surface area contributed by atoms with Gasteiger partial charge >= 0.3 is 0 Å². The summed E-state index contributed by atoms with van der Waals surface area (Å²) in [4.78, 5) is 10.2. The fraction of sp³-hybridized carbons (Fsp3) is 0.0233. The lowest BCUT2D eigenvalue weighted by atomic mass is 9.62. The van der Waals surface area contributed by atoms with E-state index in [1.165, 1.54) is 16.7 Å². The van der Waals surface area contributed by atoms with Gasteiger partial charge in [-0.05, 0) is 46.5 Å². The first-order valence-electron chi connectivity index (χ1n) is 15.6. The molecule has 216 valence electrons. The van der Waals surface area contributed by atoms with Gasteiger partial charge < -0.3 is 4.74 Å². The van der Waals surface area contributed by atoms with Crippen LogP contribution in [0, 0.1) is 0 Å². The van der Waals surface area contributed by atoms with Gasteiger partial charge in [0.1, 0.15) is 11.5 Å². The molecule has 3 nitrogen and oxygen atoms in total. The quantitative estimate of drug-likeness (QED) is 0.206. The van der Waals surface area contributed by atoms with Gasteiger partial charge in [0.2, 0.25) is 0 Å². The minimum Gasteiger partial charge on any atom is -0.457 e. The molecule has 0 fully saturated rings. The number of para-hydroxylation sites is 2. The maximum Gasteiger partial charge on any atom is 0.160 e. The first-order chi connectivity index (χ1) is 22.8. The van der Waals surface area contributed by atoms with Gasteiger partial charge in [-0.25, -0.2) is 9.97 Å². The standard InChI is InChI=1S/C43H28N2O/c1-3-14-31(15-4-1)38-28-39(45-42(44-38)32-16-5-2-6-17-32)33-26-25-30-24-23-29-13-7-8-18-34(29)43(37(30)27-33)35-19-9-11-21-40(35)46-41-22-12-10-20-36(41)43/h1-28H. The zero-order chi connectivity index (χ0) is 30.5. The third kappa shape index (κ3) is 4.06. The van der Waals surface area contributed by atoms with Crippen molar-refractivity contribution in [3.8, 4) is 45.4 Å². The minimum absolute atomic E-state index is 0.617. The van der Waals surface area contributed by atoms with E-state index in [4.69, 9.17) is 14.7 Å². The number of ether oxygens (including phenoxy) is 1. The molecular formula is C43H28N2O. The molecule has 2 heterocycles. The molecule has 9 rings (SSSR count). The molecule has 1 spiro atoms. The summed E-state index contributed by atoms with van der Waals surface area (Å²) >= 11 is 0. The van der Waals surface area contributed by atoms with E-state index in [0.29, 0.717) is 5.82 Å². The van der Waals surface area contributed by atoms with Gasteiger partial charge in [0.25, 0.3) is 0 Å². The van der Waals surface area contributed by atoms with Gasteiger partial charge in [-0.1, -0.05) is 146 Å². The van der Waals surface area contributed by atoms with E-state index in [0.717, 1.165) is 56.3 Å². The topological polar surface area (TPSA) is 35.0 Å². The molecule has 7 aromatic rings. The average molecular weight is 589 g/mol. The smallest absolute Gasteiger partial charge is 0.160 e. The molecule has 6 aromatic carbocycles. The summed E-state index contributed by atoms with van der Waals surface area (Å²) in [5.41, 5.74) is 11.2. The Bertz CT molecular complexity index is 2190. The van der Waals surface area contributed by atoms with Crippen molar-refractivity contribution in [2.45, 2.75) is 5.41 Å². The molecule has 2 aliphatic rings. The third-order valence-electron chi connectivity index (χ3n) is 9.19. The lowest BCUT2D eigenvalue weighted by Crippen LogP contribution is -2.35.